The SMILES string of the molecule is CCOC(C)c1noc(CNC(=NC)NCC2CCCO2)n1.I. The van der Waals surface area contributed by atoms with Crippen LogP contribution in [0.4, 0.5) is 0 Å². The van der Waals surface area contributed by atoms with Gasteiger partial charge in [-0.3, -0.25) is 4.99 Å². The lowest BCUT2D eigenvalue weighted by molar-refractivity contribution is 0.0683. The minimum absolute atomic E-state index is 0. The maximum atomic E-state index is 5.56. The quantitative estimate of drug-likeness (QED) is 0.379. The van der Waals surface area contributed by atoms with E-state index in [1.165, 1.54) is 0 Å². The van der Waals surface area contributed by atoms with Gasteiger partial charge in [-0.05, 0) is 26.7 Å². The zero-order valence-electron chi connectivity index (χ0n) is 13.9. The van der Waals surface area contributed by atoms with Crippen LogP contribution in [-0.2, 0) is 16.0 Å². The molecule has 1 saturated heterocycles. The van der Waals surface area contributed by atoms with E-state index in [0.717, 1.165) is 26.0 Å². The first-order valence-electron chi connectivity index (χ1n) is 7.73. The summed E-state index contributed by atoms with van der Waals surface area (Å²) in [7, 11) is 1.72. The molecule has 0 aromatic carbocycles. The number of nitrogens with zero attached hydrogens (tertiary/aromatic N) is 3. The average Bonchev–Trinajstić information content (AvgIpc) is 3.19. The molecule has 1 aromatic rings. The van der Waals surface area contributed by atoms with E-state index in [-0.39, 0.29) is 36.2 Å². The fraction of sp³-hybridized carbons (Fsp3) is 0.786. The first kappa shape index (κ1) is 20.1. The van der Waals surface area contributed by atoms with E-state index in [1.807, 2.05) is 13.8 Å². The van der Waals surface area contributed by atoms with E-state index in [2.05, 4.69) is 25.8 Å². The monoisotopic (exact) mass is 439 g/mol. The molecule has 0 aliphatic carbocycles. The molecule has 1 fully saturated rings. The summed E-state index contributed by atoms with van der Waals surface area (Å²) in [4.78, 5) is 8.46. The van der Waals surface area contributed by atoms with Gasteiger partial charge < -0.3 is 24.6 Å². The number of ether oxygens (including phenoxy) is 2. The summed E-state index contributed by atoms with van der Waals surface area (Å²) < 4.78 is 16.2. The summed E-state index contributed by atoms with van der Waals surface area (Å²) in [5.41, 5.74) is 0. The highest BCUT2D eigenvalue weighted by atomic mass is 127. The smallest absolute Gasteiger partial charge is 0.246 e. The highest BCUT2D eigenvalue weighted by Crippen LogP contribution is 2.12. The number of halogens is 1. The molecule has 1 aliphatic rings. The Kier molecular flexibility index (Phi) is 9.41. The first-order chi connectivity index (χ1) is 10.7. The molecule has 0 amide bonds. The van der Waals surface area contributed by atoms with Crippen LogP contribution in [0.5, 0.6) is 0 Å². The van der Waals surface area contributed by atoms with Gasteiger partial charge in [0.15, 0.2) is 11.8 Å². The van der Waals surface area contributed by atoms with Crippen LogP contribution >= 0.6 is 24.0 Å². The normalized spacial score (nSPS) is 19.3. The molecule has 9 heteroatoms. The van der Waals surface area contributed by atoms with Crippen LogP contribution in [0.2, 0.25) is 0 Å². The molecule has 2 N–H and O–H groups in total. The Hall–Kier alpha value is -0.940. The molecular formula is C14H26IN5O3. The van der Waals surface area contributed by atoms with Crippen molar-refractivity contribution in [3.8, 4) is 0 Å². The van der Waals surface area contributed by atoms with Crippen molar-refractivity contribution in [3.05, 3.63) is 11.7 Å². The highest BCUT2D eigenvalue weighted by molar-refractivity contribution is 14.0. The maximum Gasteiger partial charge on any atom is 0.246 e. The third-order valence-corrected chi connectivity index (χ3v) is 3.42. The van der Waals surface area contributed by atoms with Crippen molar-refractivity contribution in [1.29, 1.82) is 0 Å². The molecule has 132 valence electrons. The minimum atomic E-state index is -0.167. The first-order valence-corrected chi connectivity index (χ1v) is 7.73. The second-order valence-electron chi connectivity index (χ2n) is 5.09. The van der Waals surface area contributed by atoms with Gasteiger partial charge in [0.2, 0.25) is 5.89 Å². The standard InChI is InChI=1S/C14H25N5O3.HI/c1-4-20-10(2)13-18-12(22-19-13)9-17-14(15-3)16-8-11-6-5-7-21-11;/h10-11H,4-9H2,1-3H3,(H2,15,16,17);1H. The average molecular weight is 439 g/mol. The van der Waals surface area contributed by atoms with Crippen LogP contribution < -0.4 is 10.6 Å². The van der Waals surface area contributed by atoms with Crippen LogP contribution in [-0.4, -0.2) is 49.0 Å². The molecular weight excluding hydrogens is 413 g/mol. The number of hydrogen-bond acceptors (Lipinski definition) is 6. The molecule has 23 heavy (non-hydrogen) atoms. The number of aliphatic imine (C=N–C) groups is 1. The zero-order valence-corrected chi connectivity index (χ0v) is 16.2. The van der Waals surface area contributed by atoms with Crippen LogP contribution in [0.15, 0.2) is 9.52 Å². The van der Waals surface area contributed by atoms with E-state index in [0.29, 0.717) is 30.8 Å². The summed E-state index contributed by atoms with van der Waals surface area (Å²) in [6.07, 6.45) is 2.31. The maximum absolute atomic E-state index is 5.56. The molecule has 1 aromatic heterocycles. The molecule has 2 unspecified atom stereocenters. The van der Waals surface area contributed by atoms with Crippen molar-refractivity contribution in [2.45, 2.75) is 45.4 Å². The van der Waals surface area contributed by atoms with Gasteiger partial charge in [0.05, 0.1) is 12.6 Å². The molecule has 2 heterocycles. The van der Waals surface area contributed by atoms with Crippen LogP contribution in [0.1, 0.15) is 44.5 Å². The molecule has 0 spiro atoms. The molecule has 0 radical (unpaired) electrons. The van der Waals surface area contributed by atoms with E-state index in [9.17, 15) is 0 Å². The second-order valence-corrected chi connectivity index (χ2v) is 5.09. The van der Waals surface area contributed by atoms with Crippen molar-refractivity contribution < 1.29 is 14.0 Å². The number of aromatic nitrogens is 2. The molecule has 1 aliphatic heterocycles. The summed E-state index contributed by atoms with van der Waals surface area (Å²) >= 11 is 0. The summed E-state index contributed by atoms with van der Waals surface area (Å²) in [6.45, 7) is 6.45. The lowest BCUT2D eigenvalue weighted by Crippen LogP contribution is -2.40. The Labute approximate surface area is 153 Å². The van der Waals surface area contributed by atoms with E-state index in [1.54, 1.807) is 7.05 Å². The molecule has 0 saturated carbocycles. The van der Waals surface area contributed by atoms with E-state index < -0.39 is 0 Å². The highest BCUT2D eigenvalue weighted by Gasteiger charge is 2.16. The van der Waals surface area contributed by atoms with Gasteiger partial charge in [0, 0.05) is 26.8 Å². The van der Waals surface area contributed by atoms with Gasteiger partial charge in [-0.15, -0.1) is 24.0 Å². The van der Waals surface area contributed by atoms with E-state index >= 15 is 0 Å². The van der Waals surface area contributed by atoms with Crippen molar-refractivity contribution in [2.24, 2.45) is 4.99 Å². The Morgan fingerprint density at radius 2 is 2.30 bits per heavy atom. The summed E-state index contributed by atoms with van der Waals surface area (Å²) in [6, 6.07) is 0. The van der Waals surface area contributed by atoms with E-state index in [4.69, 9.17) is 14.0 Å². The van der Waals surface area contributed by atoms with Crippen LogP contribution in [0, 0.1) is 0 Å². The third kappa shape index (κ3) is 6.60. The molecule has 0 bridgehead atoms. The zero-order chi connectivity index (χ0) is 15.8. The van der Waals surface area contributed by atoms with Crippen molar-refractivity contribution >= 4 is 29.9 Å². The Balaban J connectivity index is 0.00000264. The van der Waals surface area contributed by atoms with Crippen LogP contribution in [0.25, 0.3) is 0 Å². The van der Waals surface area contributed by atoms with Crippen molar-refractivity contribution in [1.82, 2.24) is 20.8 Å². The third-order valence-electron chi connectivity index (χ3n) is 3.42. The predicted molar refractivity (Wildman–Crippen MR) is 96.9 cm³/mol. The molecule has 2 rings (SSSR count). The van der Waals surface area contributed by atoms with Gasteiger partial charge in [-0.25, -0.2) is 0 Å². The van der Waals surface area contributed by atoms with Gasteiger partial charge in [0.1, 0.15) is 6.10 Å². The number of guanidine groups is 1. The Morgan fingerprint density at radius 1 is 1.48 bits per heavy atom. The fourth-order valence-corrected chi connectivity index (χ4v) is 2.23. The number of hydrogen-bond donors (Lipinski definition) is 2. The topological polar surface area (TPSA) is 93.8 Å². The number of rotatable bonds is 7. The van der Waals surface area contributed by atoms with Crippen molar-refractivity contribution in [2.75, 3.05) is 26.8 Å². The minimum Gasteiger partial charge on any atom is -0.376 e. The lowest BCUT2D eigenvalue weighted by Gasteiger charge is -2.14. The molecule has 8 nitrogen and oxygen atoms in total. The fourth-order valence-electron chi connectivity index (χ4n) is 2.23. The summed E-state index contributed by atoms with van der Waals surface area (Å²) in [5, 5.41) is 10.3. The van der Waals surface area contributed by atoms with Gasteiger partial charge in [-0.1, -0.05) is 5.16 Å². The molecule has 2 atom stereocenters. The largest absolute Gasteiger partial charge is 0.376 e. The van der Waals surface area contributed by atoms with Gasteiger partial charge in [-0.2, -0.15) is 4.98 Å². The van der Waals surface area contributed by atoms with Crippen molar-refractivity contribution in [3.63, 3.8) is 0 Å². The Morgan fingerprint density at radius 3 is 2.96 bits per heavy atom. The lowest BCUT2D eigenvalue weighted by atomic mass is 10.2. The van der Waals surface area contributed by atoms with Gasteiger partial charge in [0.25, 0.3) is 0 Å². The predicted octanol–water partition coefficient (Wildman–Crippen LogP) is 1.63. The number of nitrogens with one attached hydrogen (secondary N) is 2. The second kappa shape index (κ2) is 10.8. The van der Waals surface area contributed by atoms with Gasteiger partial charge >= 0.3 is 0 Å². The van der Waals surface area contributed by atoms with Crippen LogP contribution in [0.3, 0.4) is 0 Å². The summed E-state index contributed by atoms with van der Waals surface area (Å²) in [5.74, 6) is 1.75. The Bertz CT molecular complexity index is 477.